The summed E-state index contributed by atoms with van der Waals surface area (Å²) in [4.78, 5) is 8.36. The molecule has 0 spiro atoms. The van der Waals surface area contributed by atoms with Crippen LogP contribution in [0.1, 0.15) is 11.3 Å². The Labute approximate surface area is 116 Å². The molecule has 1 aliphatic rings. The van der Waals surface area contributed by atoms with Gasteiger partial charge in [-0.2, -0.15) is 4.98 Å². The number of hydrogen-bond acceptors (Lipinski definition) is 7. The quantitative estimate of drug-likeness (QED) is 0.572. The van der Waals surface area contributed by atoms with Gasteiger partial charge in [-0.1, -0.05) is 6.07 Å². The number of hydrazine groups is 1. The molecule has 0 unspecified atom stereocenters. The van der Waals surface area contributed by atoms with E-state index in [1.165, 1.54) is 0 Å². The van der Waals surface area contributed by atoms with Crippen molar-refractivity contribution in [2.45, 2.75) is 13.5 Å². The summed E-state index contributed by atoms with van der Waals surface area (Å²) in [6.45, 7) is 2.79. The second-order valence-corrected chi connectivity index (χ2v) is 4.40. The maximum absolute atomic E-state index is 5.34. The lowest BCUT2D eigenvalue weighted by Gasteiger charge is -2.08. The Morgan fingerprint density at radius 3 is 2.90 bits per heavy atom. The molecule has 0 amide bonds. The number of nitrogens with zero attached hydrogens (tertiary/aromatic N) is 2. The third kappa shape index (κ3) is 2.57. The molecule has 0 radical (unpaired) electrons. The molecular formula is C13H15N5O2. The number of nitrogens with one attached hydrogen (secondary N) is 2. The number of anilines is 2. The molecule has 2 heterocycles. The zero-order valence-corrected chi connectivity index (χ0v) is 11.0. The predicted octanol–water partition coefficient (Wildman–Crippen LogP) is 1.41. The minimum Gasteiger partial charge on any atom is -0.454 e. The predicted molar refractivity (Wildman–Crippen MR) is 74.5 cm³/mol. The highest BCUT2D eigenvalue weighted by molar-refractivity contribution is 5.46. The van der Waals surface area contributed by atoms with Crippen LogP contribution >= 0.6 is 0 Å². The molecule has 0 atom stereocenters. The molecule has 0 saturated carbocycles. The largest absolute Gasteiger partial charge is 0.454 e. The highest BCUT2D eigenvalue weighted by atomic mass is 16.7. The van der Waals surface area contributed by atoms with Crippen LogP contribution in [-0.2, 0) is 6.54 Å². The molecule has 1 aliphatic heterocycles. The van der Waals surface area contributed by atoms with Crippen molar-refractivity contribution in [3.8, 4) is 11.5 Å². The van der Waals surface area contributed by atoms with Crippen molar-refractivity contribution in [1.29, 1.82) is 0 Å². The summed E-state index contributed by atoms with van der Waals surface area (Å²) in [6.07, 6.45) is 0. The maximum Gasteiger partial charge on any atom is 0.239 e. The zero-order chi connectivity index (χ0) is 13.9. The van der Waals surface area contributed by atoms with Gasteiger partial charge in [0.15, 0.2) is 11.5 Å². The van der Waals surface area contributed by atoms with Crippen LogP contribution in [0.4, 0.5) is 11.8 Å². The first-order valence-corrected chi connectivity index (χ1v) is 6.19. The van der Waals surface area contributed by atoms with E-state index in [0.717, 1.165) is 22.8 Å². The summed E-state index contributed by atoms with van der Waals surface area (Å²) in [7, 11) is 0. The van der Waals surface area contributed by atoms with Gasteiger partial charge in [0.25, 0.3) is 0 Å². The number of ether oxygens (including phenoxy) is 2. The second kappa shape index (κ2) is 5.22. The van der Waals surface area contributed by atoms with E-state index >= 15 is 0 Å². The van der Waals surface area contributed by atoms with E-state index in [1.54, 1.807) is 0 Å². The molecule has 1 aromatic carbocycles. The first-order valence-electron chi connectivity index (χ1n) is 6.19. The van der Waals surface area contributed by atoms with E-state index < -0.39 is 0 Å². The van der Waals surface area contributed by atoms with Crippen molar-refractivity contribution in [1.82, 2.24) is 9.97 Å². The fourth-order valence-electron chi connectivity index (χ4n) is 1.97. The van der Waals surface area contributed by atoms with Gasteiger partial charge in [0.1, 0.15) is 5.82 Å². The fourth-order valence-corrected chi connectivity index (χ4v) is 1.97. The monoisotopic (exact) mass is 273 g/mol. The molecule has 7 nitrogen and oxygen atoms in total. The van der Waals surface area contributed by atoms with Gasteiger partial charge in [0.2, 0.25) is 12.7 Å². The Morgan fingerprint density at radius 2 is 2.05 bits per heavy atom. The zero-order valence-electron chi connectivity index (χ0n) is 11.0. The third-order valence-corrected chi connectivity index (χ3v) is 2.89. The van der Waals surface area contributed by atoms with E-state index in [0.29, 0.717) is 18.3 Å². The molecule has 0 saturated heterocycles. The molecule has 0 fully saturated rings. The van der Waals surface area contributed by atoms with E-state index in [4.69, 9.17) is 15.3 Å². The topological polar surface area (TPSA) is 94.3 Å². The van der Waals surface area contributed by atoms with Crippen LogP contribution in [0.3, 0.4) is 0 Å². The van der Waals surface area contributed by atoms with Crippen molar-refractivity contribution in [2.75, 3.05) is 17.5 Å². The number of fused-ring (bicyclic) bond motifs is 1. The summed E-state index contributed by atoms with van der Waals surface area (Å²) in [5.74, 6) is 7.97. The lowest BCUT2D eigenvalue weighted by atomic mass is 10.2. The van der Waals surface area contributed by atoms with E-state index in [1.807, 2.05) is 31.2 Å². The van der Waals surface area contributed by atoms with Crippen LogP contribution < -0.4 is 26.1 Å². The van der Waals surface area contributed by atoms with E-state index in [2.05, 4.69) is 20.7 Å². The number of aromatic nitrogens is 2. The first-order chi connectivity index (χ1) is 9.74. The van der Waals surface area contributed by atoms with Crippen molar-refractivity contribution in [2.24, 2.45) is 5.84 Å². The van der Waals surface area contributed by atoms with E-state index in [-0.39, 0.29) is 6.79 Å². The Hall–Kier alpha value is -2.54. The van der Waals surface area contributed by atoms with Gasteiger partial charge >= 0.3 is 0 Å². The molecule has 104 valence electrons. The van der Waals surface area contributed by atoms with Crippen LogP contribution in [-0.4, -0.2) is 16.8 Å². The first kappa shape index (κ1) is 12.5. The smallest absolute Gasteiger partial charge is 0.239 e. The normalized spacial score (nSPS) is 12.3. The molecule has 2 aromatic rings. The molecular weight excluding hydrogens is 258 g/mol. The maximum atomic E-state index is 5.34. The molecule has 20 heavy (non-hydrogen) atoms. The van der Waals surface area contributed by atoms with Gasteiger partial charge in [-0.05, 0) is 24.6 Å². The lowest BCUT2D eigenvalue weighted by Crippen LogP contribution is -2.12. The minimum absolute atomic E-state index is 0.281. The van der Waals surface area contributed by atoms with Gasteiger partial charge in [-0.15, -0.1) is 0 Å². The van der Waals surface area contributed by atoms with Crippen molar-refractivity contribution in [3.63, 3.8) is 0 Å². The summed E-state index contributed by atoms with van der Waals surface area (Å²) in [5, 5.41) is 3.22. The number of nitrogens with two attached hydrogens (primary N) is 1. The number of rotatable bonds is 4. The van der Waals surface area contributed by atoms with Crippen LogP contribution in [0.15, 0.2) is 24.3 Å². The molecule has 1 aromatic heterocycles. The summed E-state index contributed by atoms with van der Waals surface area (Å²) < 4.78 is 10.6. The van der Waals surface area contributed by atoms with E-state index in [9.17, 15) is 0 Å². The molecule has 0 aliphatic carbocycles. The number of hydrogen-bond donors (Lipinski definition) is 3. The van der Waals surface area contributed by atoms with Crippen molar-refractivity contribution in [3.05, 3.63) is 35.5 Å². The van der Waals surface area contributed by atoms with Crippen LogP contribution in [0, 0.1) is 6.92 Å². The number of aryl methyl sites for hydroxylation is 1. The molecule has 3 rings (SSSR count). The third-order valence-electron chi connectivity index (χ3n) is 2.89. The summed E-state index contributed by atoms with van der Waals surface area (Å²) >= 11 is 0. The van der Waals surface area contributed by atoms with Crippen molar-refractivity contribution < 1.29 is 9.47 Å². The number of benzene rings is 1. The van der Waals surface area contributed by atoms with Crippen molar-refractivity contribution >= 4 is 11.8 Å². The summed E-state index contributed by atoms with van der Waals surface area (Å²) in [5.41, 5.74) is 4.35. The van der Waals surface area contributed by atoms with Gasteiger partial charge in [0.05, 0.1) is 0 Å². The van der Waals surface area contributed by atoms with Crippen LogP contribution in [0.2, 0.25) is 0 Å². The highest BCUT2D eigenvalue weighted by Gasteiger charge is 2.13. The Balaban J connectivity index is 1.71. The minimum atomic E-state index is 0.281. The molecule has 4 N–H and O–H groups in total. The Kier molecular flexibility index (Phi) is 3.26. The second-order valence-electron chi connectivity index (χ2n) is 4.40. The van der Waals surface area contributed by atoms with Gasteiger partial charge in [0, 0.05) is 18.3 Å². The Morgan fingerprint density at radius 1 is 1.20 bits per heavy atom. The molecule has 7 heteroatoms. The summed E-state index contributed by atoms with van der Waals surface area (Å²) in [6, 6.07) is 7.69. The lowest BCUT2D eigenvalue weighted by molar-refractivity contribution is 0.174. The fraction of sp³-hybridized carbons (Fsp3) is 0.231. The average molecular weight is 273 g/mol. The van der Waals surface area contributed by atoms with Gasteiger partial charge < -0.3 is 14.8 Å². The molecule has 0 bridgehead atoms. The SMILES string of the molecule is Cc1cc(NCc2ccc3c(c2)OCO3)nc(NN)n1. The standard InChI is InChI=1S/C13H15N5O2/c1-8-4-12(17-13(16-8)18-14)15-6-9-2-3-10-11(5-9)20-7-19-10/h2-5H,6-7,14H2,1H3,(H2,15,16,17,18). The van der Waals surface area contributed by atoms with Crippen LogP contribution in [0.25, 0.3) is 0 Å². The van der Waals surface area contributed by atoms with Gasteiger partial charge in [-0.25, -0.2) is 10.8 Å². The Bertz CT molecular complexity index is 632. The van der Waals surface area contributed by atoms with Crippen LogP contribution in [0.5, 0.6) is 11.5 Å². The average Bonchev–Trinajstić information content (AvgIpc) is 2.92. The van der Waals surface area contributed by atoms with Gasteiger partial charge in [-0.3, -0.25) is 5.43 Å². The number of nitrogen functional groups attached to an aromatic ring is 1. The highest BCUT2D eigenvalue weighted by Crippen LogP contribution is 2.32.